The van der Waals surface area contributed by atoms with Crippen molar-refractivity contribution in [2.45, 2.75) is 39.2 Å². The van der Waals surface area contributed by atoms with Gasteiger partial charge in [0.15, 0.2) is 5.76 Å². The van der Waals surface area contributed by atoms with Crippen LogP contribution in [0.5, 0.6) is 0 Å². The molecule has 23 heavy (non-hydrogen) atoms. The number of piperidine rings is 1. The Balaban J connectivity index is 1.82. The van der Waals surface area contributed by atoms with E-state index in [1.54, 1.807) is 0 Å². The zero-order chi connectivity index (χ0) is 17.0. The largest absolute Gasteiger partial charge is 0.478 e. The molecule has 0 spiro atoms. The normalized spacial score (nSPS) is 15.7. The van der Waals surface area contributed by atoms with Crippen molar-refractivity contribution in [3.05, 3.63) is 23.7 Å². The molecule has 0 saturated carbocycles. The molecule has 1 aromatic heterocycles. The Hall–Kier alpha value is -2.31. The molecule has 2 rings (SSSR count). The van der Waals surface area contributed by atoms with Gasteiger partial charge in [0, 0.05) is 31.6 Å². The Bertz CT molecular complexity index is 585. The first kappa shape index (κ1) is 17.1. The lowest BCUT2D eigenvalue weighted by molar-refractivity contribution is -0.133. The van der Waals surface area contributed by atoms with E-state index in [4.69, 9.17) is 9.52 Å². The summed E-state index contributed by atoms with van der Waals surface area (Å²) in [6, 6.07) is 1.17. The van der Waals surface area contributed by atoms with E-state index >= 15 is 0 Å². The number of hydrogen-bond donors (Lipinski definition) is 2. The van der Waals surface area contributed by atoms with Crippen LogP contribution in [-0.2, 0) is 4.79 Å². The summed E-state index contributed by atoms with van der Waals surface area (Å²) >= 11 is 0. The molecule has 1 aliphatic heterocycles. The summed E-state index contributed by atoms with van der Waals surface area (Å²) in [4.78, 5) is 36.6. The standard InChI is InChI=1S/C16H22N2O5/c1-10(2)7-14(19)18-5-3-12(4-6-18)17-15(20)13-8-11(9-23-13)16(21)22/h8-10,12H,3-7H2,1-2H3,(H,17,20)(H,21,22). The van der Waals surface area contributed by atoms with E-state index in [-0.39, 0.29) is 23.3 Å². The van der Waals surface area contributed by atoms with E-state index in [1.165, 1.54) is 6.07 Å². The highest BCUT2D eigenvalue weighted by molar-refractivity contribution is 5.95. The second kappa shape index (κ2) is 7.30. The van der Waals surface area contributed by atoms with Crippen molar-refractivity contribution in [3.63, 3.8) is 0 Å². The van der Waals surface area contributed by atoms with Crippen molar-refractivity contribution >= 4 is 17.8 Å². The van der Waals surface area contributed by atoms with Gasteiger partial charge in [-0.15, -0.1) is 0 Å². The third-order valence-corrected chi connectivity index (χ3v) is 3.84. The molecule has 1 aromatic rings. The van der Waals surface area contributed by atoms with Crippen LogP contribution < -0.4 is 5.32 Å². The number of carbonyl (C=O) groups is 3. The Morgan fingerprint density at radius 2 is 2.00 bits per heavy atom. The van der Waals surface area contributed by atoms with Crippen molar-refractivity contribution in [1.29, 1.82) is 0 Å². The maximum atomic E-state index is 12.0. The van der Waals surface area contributed by atoms with Crippen LogP contribution in [0.2, 0.25) is 0 Å². The van der Waals surface area contributed by atoms with Crippen LogP contribution in [0.1, 0.15) is 54.0 Å². The highest BCUT2D eigenvalue weighted by atomic mass is 16.4. The molecule has 7 nitrogen and oxygen atoms in total. The second-order valence-corrected chi connectivity index (χ2v) is 6.23. The predicted octanol–water partition coefficient (Wildman–Crippen LogP) is 1.74. The molecule has 1 aliphatic rings. The first-order valence-corrected chi connectivity index (χ1v) is 7.77. The molecule has 0 aliphatic carbocycles. The lowest BCUT2D eigenvalue weighted by Gasteiger charge is -2.32. The summed E-state index contributed by atoms with van der Waals surface area (Å²) in [5, 5.41) is 11.6. The zero-order valence-electron chi connectivity index (χ0n) is 13.4. The van der Waals surface area contributed by atoms with Gasteiger partial charge in [0.25, 0.3) is 5.91 Å². The summed E-state index contributed by atoms with van der Waals surface area (Å²) in [6.45, 7) is 5.27. The smallest absolute Gasteiger partial charge is 0.338 e. The second-order valence-electron chi connectivity index (χ2n) is 6.23. The summed E-state index contributed by atoms with van der Waals surface area (Å²) in [5.74, 6) is -1.08. The molecule has 0 atom stereocenters. The molecule has 0 unspecified atom stereocenters. The lowest BCUT2D eigenvalue weighted by atomic mass is 10.0. The van der Waals surface area contributed by atoms with Gasteiger partial charge in [-0.25, -0.2) is 4.79 Å². The van der Waals surface area contributed by atoms with Gasteiger partial charge < -0.3 is 19.7 Å². The molecule has 1 fully saturated rings. The topological polar surface area (TPSA) is 99.9 Å². The summed E-state index contributed by atoms with van der Waals surface area (Å²) in [7, 11) is 0. The van der Waals surface area contributed by atoms with Gasteiger partial charge in [-0.1, -0.05) is 13.8 Å². The molecule has 0 bridgehead atoms. The average Bonchev–Trinajstić information content (AvgIpc) is 2.97. The minimum atomic E-state index is -1.13. The van der Waals surface area contributed by atoms with E-state index in [2.05, 4.69) is 5.32 Å². The minimum Gasteiger partial charge on any atom is -0.478 e. The van der Waals surface area contributed by atoms with Gasteiger partial charge >= 0.3 is 5.97 Å². The summed E-state index contributed by atoms with van der Waals surface area (Å²) in [5.41, 5.74) is -0.0516. The van der Waals surface area contributed by atoms with E-state index in [0.29, 0.717) is 38.3 Å². The number of aromatic carboxylic acids is 1. The first-order chi connectivity index (χ1) is 10.9. The van der Waals surface area contributed by atoms with Gasteiger partial charge in [0.2, 0.25) is 5.91 Å². The van der Waals surface area contributed by atoms with Gasteiger partial charge in [0.1, 0.15) is 6.26 Å². The Morgan fingerprint density at radius 3 is 2.52 bits per heavy atom. The number of carboxylic acids is 1. The molecule has 1 saturated heterocycles. The molecule has 2 heterocycles. The minimum absolute atomic E-state index is 0.0132. The van der Waals surface area contributed by atoms with Crippen LogP contribution in [0.3, 0.4) is 0 Å². The SMILES string of the molecule is CC(C)CC(=O)N1CCC(NC(=O)c2cc(C(=O)O)co2)CC1. The molecule has 126 valence electrons. The third-order valence-electron chi connectivity index (χ3n) is 3.84. The van der Waals surface area contributed by atoms with Crippen LogP contribution in [0.4, 0.5) is 0 Å². The maximum absolute atomic E-state index is 12.0. The fraction of sp³-hybridized carbons (Fsp3) is 0.562. The van der Waals surface area contributed by atoms with E-state index in [9.17, 15) is 14.4 Å². The number of rotatable bonds is 5. The van der Waals surface area contributed by atoms with Crippen molar-refractivity contribution in [2.24, 2.45) is 5.92 Å². The number of amides is 2. The highest BCUT2D eigenvalue weighted by Gasteiger charge is 2.25. The van der Waals surface area contributed by atoms with E-state index in [1.807, 2.05) is 18.7 Å². The van der Waals surface area contributed by atoms with Crippen LogP contribution >= 0.6 is 0 Å². The van der Waals surface area contributed by atoms with Crippen molar-refractivity contribution < 1.29 is 23.9 Å². The van der Waals surface area contributed by atoms with Crippen LogP contribution in [-0.4, -0.2) is 46.9 Å². The van der Waals surface area contributed by atoms with Gasteiger partial charge in [-0.05, 0) is 18.8 Å². The van der Waals surface area contributed by atoms with Crippen LogP contribution in [0.15, 0.2) is 16.7 Å². The number of nitrogens with zero attached hydrogens (tertiary/aromatic N) is 1. The average molecular weight is 322 g/mol. The number of likely N-dealkylation sites (tertiary alicyclic amines) is 1. The van der Waals surface area contributed by atoms with Crippen molar-refractivity contribution in [3.8, 4) is 0 Å². The van der Waals surface area contributed by atoms with E-state index < -0.39 is 11.9 Å². The Morgan fingerprint density at radius 1 is 1.35 bits per heavy atom. The maximum Gasteiger partial charge on any atom is 0.338 e. The van der Waals surface area contributed by atoms with Crippen LogP contribution in [0.25, 0.3) is 0 Å². The quantitative estimate of drug-likeness (QED) is 0.860. The zero-order valence-corrected chi connectivity index (χ0v) is 13.4. The highest BCUT2D eigenvalue weighted by Crippen LogP contribution is 2.15. The van der Waals surface area contributed by atoms with Gasteiger partial charge in [0.05, 0.1) is 5.56 Å². The predicted molar refractivity (Wildman–Crippen MR) is 82.2 cm³/mol. The molecule has 2 N–H and O–H groups in total. The molecular weight excluding hydrogens is 300 g/mol. The molecular formula is C16H22N2O5. The van der Waals surface area contributed by atoms with Crippen molar-refractivity contribution in [1.82, 2.24) is 10.2 Å². The number of nitrogens with one attached hydrogen (secondary N) is 1. The number of hydrogen-bond acceptors (Lipinski definition) is 4. The number of carboxylic acid groups (broad SMARTS) is 1. The van der Waals surface area contributed by atoms with Crippen LogP contribution in [0, 0.1) is 5.92 Å². The fourth-order valence-electron chi connectivity index (χ4n) is 2.58. The van der Waals surface area contributed by atoms with Gasteiger partial charge in [-0.2, -0.15) is 0 Å². The monoisotopic (exact) mass is 322 g/mol. The molecule has 7 heteroatoms. The molecule has 2 amide bonds. The fourth-order valence-corrected chi connectivity index (χ4v) is 2.58. The Labute approximate surface area is 134 Å². The van der Waals surface area contributed by atoms with E-state index in [0.717, 1.165) is 6.26 Å². The first-order valence-electron chi connectivity index (χ1n) is 7.77. The third kappa shape index (κ3) is 4.58. The lowest BCUT2D eigenvalue weighted by Crippen LogP contribution is -2.46. The summed E-state index contributed by atoms with van der Waals surface area (Å²) < 4.78 is 4.97. The number of carbonyl (C=O) groups excluding carboxylic acids is 2. The Kier molecular flexibility index (Phi) is 5.41. The molecule has 0 aromatic carbocycles. The summed E-state index contributed by atoms with van der Waals surface area (Å²) in [6.07, 6.45) is 2.95. The van der Waals surface area contributed by atoms with Crippen molar-refractivity contribution in [2.75, 3.05) is 13.1 Å². The molecule has 0 radical (unpaired) electrons. The number of furan rings is 1. The van der Waals surface area contributed by atoms with Gasteiger partial charge in [-0.3, -0.25) is 9.59 Å².